The Balaban J connectivity index is 2.14. The van der Waals surface area contributed by atoms with Crippen molar-refractivity contribution < 1.29 is 13.2 Å². The van der Waals surface area contributed by atoms with Gasteiger partial charge in [-0.3, -0.25) is 0 Å². The molecule has 0 unspecified atom stereocenters. The number of halogens is 5. The van der Waals surface area contributed by atoms with Gasteiger partial charge in [0.1, 0.15) is 5.69 Å². The SMILES string of the molecule is FC(F)(F)c1[nH]c(-c2ccc(Cl)cc2)c(Sc2ccccc2)c1Cl. The maximum Gasteiger partial charge on any atom is 0.432 e. The van der Waals surface area contributed by atoms with Gasteiger partial charge in [-0.05, 0) is 29.8 Å². The molecule has 1 nitrogen and oxygen atoms in total. The van der Waals surface area contributed by atoms with Crippen LogP contribution in [0.25, 0.3) is 11.3 Å². The Labute approximate surface area is 150 Å². The molecule has 3 aromatic rings. The van der Waals surface area contributed by atoms with Crippen molar-refractivity contribution in [3.8, 4) is 11.3 Å². The van der Waals surface area contributed by atoms with Crippen LogP contribution >= 0.6 is 35.0 Å². The molecule has 0 saturated carbocycles. The van der Waals surface area contributed by atoms with Crippen LogP contribution in [0.4, 0.5) is 13.2 Å². The van der Waals surface area contributed by atoms with Gasteiger partial charge in [-0.1, -0.05) is 65.3 Å². The lowest BCUT2D eigenvalue weighted by Gasteiger charge is -2.05. The normalized spacial score (nSPS) is 11.7. The molecule has 0 aliphatic rings. The van der Waals surface area contributed by atoms with Gasteiger partial charge in [-0.25, -0.2) is 0 Å². The third kappa shape index (κ3) is 3.58. The number of hydrogen-bond acceptors (Lipinski definition) is 1. The highest BCUT2D eigenvalue weighted by molar-refractivity contribution is 7.99. The Kier molecular flexibility index (Phi) is 4.85. The Morgan fingerprint density at radius 1 is 0.875 bits per heavy atom. The summed E-state index contributed by atoms with van der Waals surface area (Å²) in [5.41, 5.74) is -0.0550. The Morgan fingerprint density at radius 2 is 1.50 bits per heavy atom. The topological polar surface area (TPSA) is 15.8 Å². The van der Waals surface area contributed by atoms with Crippen LogP contribution in [0.15, 0.2) is 64.4 Å². The molecule has 7 heteroatoms. The van der Waals surface area contributed by atoms with Crippen LogP contribution in [-0.4, -0.2) is 4.98 Å². The Bertz CT molecular complexity index is 843. The summed E-state index contributed by atoms with van der Waals surface area (Å²) in [7, 11) is 0. The van der Waals surface area contributed by atoms with Crippen molar-refractivity contribution in [1.82, 2.24) is 4.98 Å². The van der Waals surface area contributed by atoms with E-state index in [1.54, 1.807) is 24.3 Å². The zero-order valence-electron chi connectivity index (χ0n) is 12.0. The number of aromatic amines is 1. The molecule has 0 spiro atoms. The molecule has 0 radical (unpaired) electrons. The average Bonchev–Trinajstić information content (AvgIpc) is 2.86. The smallest absolute Gasteiger partial charge is 0.349 e. The molecule has 0 bridgehead atoms. The molecule has 0 saturated heterocycles. The molecule has 0 atom stereocenters. The molecule has 0 amide bonds. The molecule has 1 aromatic heterocycles. The van der Waals surface area contributed by atoms with Gasteiger partial charge in [0.15, 0.2) is 0 Å². The summed E-state index contributed by atoms with van der Waals surface area (Å²) in [5.74, 6) is 0. The van der Waals surface area contributed by atoms with E-state index in [1.165, 1.54) is 11.8 Å². The minimum absolute atomic E-state index is 0.317. The van der Waals surface area contributed by atoms with Crippen molar-refractivity contribution in [3.63, 3.8) is 0 Å². The highest BCUT2D eigenvalue weighted by Crippen LogP contribution is 2.46. The lowest BCUT2D eigenvalue weighted by molar-refractivity contribution is -0.140. The van der Waals surface area contributed by atoms with Gasteiger partial charge < -0.3 is 4.98 Å². The third-order valence-corrected chi connectivity index (χ3v) is 5.14. The lowest BCUT2D eigenvalue weighted by Crippen LogP contribution is -2.05. The van der Waals surface area contributed by atoms with Gasteiger partial charge in [-0.15, -0.1) is 0 Å². The zero-order valence-corrected chi connectivity index (χ0v) is 14.3. The van der Waals surface area contributed by atoms with Crippen LogP contribution in [0.5, 0.6) is 0 Å². The standard InChI is InChI=1S/C17H10Cl2F3NS/c18-11-8-6-10(7-9-11)14-15(24-12-4-2-1-3-5-12)13(19)16(23-14)17(20,21)22/h1-9,23H. The van der Waals surface area contributed by atoms with Gasteiger partial charge in [0, 0.05) is 9.92 Å². The van der Waals surface area contributed by atoms with E-state index in [1.807, 2.05) is 30.3 Å². The van der Waals surface area contributed by atoms with Crippen LogP contribution in [-0.2, 0) is 6.18 Å². The average molecular weight is 388 g/mol. The number of benzene rings is 2. The number of hydrogen-bond donors (Lipinski definition) is 1. The van der Waals surface area contributed by atoms with Gasteiger partial charge in [0.05, 0.1) is 15.6 Å². The molecule has 3 rings (SSSR count). The molecule has 24 heavy (non-hydrogen) atoms. The zero-order chi connectivity index (χ0) is 17.3. The summed E-state index contributed by atoms with van der Waals surface area (Å²) in [6, 6.07) is 15.6. The van der Waals surface area contributed by atoms with Gasteiger partial charge in [0.25, 0.3) is 0 Å². The second kappa shape index (κ2) is 6.75. The summed E-state index contributed by atoms with van der Waals surface area (Å²) in [6.07, 6.45) is -4.56. The largest absolute Gasteiger partial charge is 0.432 e. The van der Waals surface area contributed by atoms with Crippen LogP contribution in [0.3, 0.4) is 0 Å². The Morgan fingerprint density at radius 3 is 2.08 bits per heavy atom. The summed E-state index contributed by atoms with van der Waals surface area (Å²) >= 11 is 13.1. The first-order chi connectivity index (χ1) is 11.4. The first kappa shape index (κ1) is 17.3. The van der Waals surface area contributed by atoms with E-state index >= 15 is 0 Å². The number of rotatable bonds is 3. The van der Waals surface area contributed by atoms with Crippen molar-refractivity contribution in [2.75, 3.05) is 0 Å². The minimum Gasteiger partial charge on any atom is -0.349 e. The second-order valence-electron chi connectivity index (χ2n) is 4.94. The minimum atomic E-state index is -4.56. The molecule has 0 aliphatic heterocycles. The van der Waals surface area contributed by atoms with Crippen molar-refractivity contribution in [2.45, 2.75) is 16.0 Å². The first-order valence-electron chi connectivity index (χ1n) is 6.84. The van der Waals surface area contributed by atoms with Crippen LogP contribution in [0.2, 0.25) is 10.0 Å². The molecule has 0 aliphatic carbocycles. The van der Waals surface area contributed by atoms with Crippen molar-refractivity contribution in [2.24, 2.45) is 0 Å². The van der Waals surface area contributed by atoms with E-state index in [0.717, 1.165) is 4.90 Å². The lowest BCUT2D eigenvalue weighted by atomic mass is 10.1. The summed E-state index contributed by atoms with van der Waals surface area (Å²) in [4.78, 5) is 3.55. The number of H-pyrrole nitrogens is 1. The van der Waals surface area contributed by atoms with Gasteiger partial charge in [0.2, 0.25) is 0 Å². The van der Waals surface area contributed by atoms with Crippen LogP contribution < -0.4 is 0 Å². The molecule has 1 heterocycles. The third-order valence-electron chi connectivity index (χ3n) is 3.28. The summed E-state index contributed by atoms with van der Waals surface area (Å²) in [6.45, 7) is 0. The highest BCUT2D eigenvalue weighted by atomic mass is 35.5. The maximum absolute atomic E-state index is 13.2. The fourth-order valence-corrected chi connectivity index (χ4v) is 3.66. The summed E-state index contributed by atoms with van der Waals surface area (Å²) in [5, 5.41) is 0.172. The van der Waals surface area contributed by atoms with E-state index in [-0.39, 0.29) is 5.02 Å². The summed E-state index contributed by atoms with van der Waals surface area (Å²) < 4.78 is 39.6. The second-order valence-corrected chi connectivity index (χ2v) is 6.84. The van der Waals surface area contributed by atoms with Crippen molar-refractivity contribution in [3.05, 3.63) is 70.3 Å². The predicted molar refractivity (Wildman–Crippen MR) is 91.8 cm³/mol. The monoisotopic (exact) mass is 387 g/mol. The van der Waals surface area contributed by atoms with E-state index in [2.05, 4.69) is 4.98 Å². The number of aromatic nitrogens is 1. The van der Waals surface area contributed by atoms with E-state index in [4.69, 9.17) is 23.2 Å². The molecule has 2 aromatic carbocycles. The van der Waals surface area contributed by atoms with Crippen LogP contribution in [0, 0.1) is 0 Å². The fourth-order valence-electron chi connectivity index (χ4n) is 2.18. The number of alkyl halides is 3. The Hall–Kier alpha value is -1.56. The highest BCUT2D eigenvalue weighted by Gasteiger charge is 2.38. The predicted octanol–water partition coefficient (Wildman–Crippen LogP) is 7.16. The van der Waals surface area contributed by atoms with E-state index in [9.17, 15) is 13.2 Å². The molecule has 0 fully saturated rings. The molecular weight excluding hydrogens is 378 g/mol. The molecule has 1 N–H and O–H groups in total. The fraction of sp³-hybridized carbons (Fsp3) is 0.0588. The van der Waals surface area contributed by atoms with Gasteiger partial charge >= 0.3 is 6.18 Å². The van der Waals surface area contributed by atoms with E-state index in [0.29, 0.717) is 21.2 Å². The van der Waals surface area contributed by atoms with E-state index < -0.39 is 11.9 Å². The quantitative estimate of drug-likeness (QED) is 0.503. The van der Waals surface area contributed by atoms with Crippen molar-refractivity contribution >= 4 is 35.0 Å². The first-order valence-corrected chi connectivity index (χ1v) is 8.41. The van der Waals surface area contributed by atoms with Crippen molar-refractivity contribution in [1.29, 1.82) is 0 Å². The molecule has 124 valence electrons. The maximum atomic E-state index is 13.2. The number of nitrogens with one attached hydrogen (secondary N) is 1. The molecular formula is C17H10Cl2F3NS. The van der Waals surface area contributed by atoms with Gasteiger partial charge in [-0.2, -0.15) is 13.2 Å². The van der Waals surface area contributed by atoms with Crippen LogP contribution in [0.1, 0.15) is 5.69 Å².